The van der Waals surface area contributed by atoms with Crippen molar-refractivity contribution in [3.63, 3.8) is 0 Å². The average Bonchev–Trinajstić information content (AvgIpc) is 2.41. The maximum atomic E-state index is 6.14. The van der Waals surface area contributed by atoms with Gasteiger partial charge in [0.15, 0.2) is 11.5 Å². The zero-order valence-corrected chi connectivity index (χ0v) is 12.2. The van der Waals surface area contributed by atoms with Gasteiger partial charge >= 0.3 is 0 Å². The SMILES string of the molecule is CNCc1ccc(OC2CCCC(C)C2)c(OC)c1. The molecule has 1 N–H and O–H groups in total. The van der Waals surface area contributed by atoms with Gasteiger partial charge in [0.2, 0.25) is 0 Å². The fourth-order valence-electron chi connectivity index (χ4n) is 2.79. The van der Waals surface area contributed by atoms with E-state index in [0.29, 0.717) is 6.10 Å². The lowest BCUT2D eigenvalue weighted by Gasteiger charge is -2.28. The molecule has 0 heterocycles. The van der Waals surface area contributed by atoms with Gasteiger partial charge in [-0.2, -0.15) is 0 Å². The number of benzene rings is 1. The summed E-state index contributed by atoms with van der Waals surface area (Å²) in [6.07, 6.45) is 5.25. The second-order valence-electron chi connectivity index (χ2n) is 5.53. The Morgan fingerprint density at radius 2 is 2.11 bits per heavy atom. The van der Waals surface area contributed by atoms with E-state index in [2.05, 4.69) is 24.4 Å². The summed E-state index contributed by atoms with van der Waals surface area (Å²) in [5.41, 5.74) is 1.21. The summed E-state index contributed by atoms with van der Waals surface area (Å²) in [5.74, 6) is 2.49. The Balaban J connectivity index is 2.06. The molecule has 0 bridgehead atoms. The molecule has 0 radical (unpaired) electrons. The van der Waals surface area contributed by atoms with Crippen molar-refractivity contribution in [3.05, 3.63) is 23.8 Å². The molecular weight excluding hydrogens is 238 g/mol. The fraction of sp³-hybridized carbons (Fsp3) is 0.625. The Bertz CT molecular complexity index is 406. The number of methoxy groups -OCH3 is 1. The van der Waals surface area contributed by atoms with Gasteiger partial charge in [-0.05, 0) is 49.9 Å². The minimum Gasteiger partial charge on any atom is -0.493 e. The van der Waals surface area contributed by atoms with E-state index in [1.54, 1.807) is 7.11 Å². The summed E-state index contributed by atoms with van der Waals surface area (Å²) in [4.78, 5) is 0. The number of hydrogen-bond acceptors (Lipinski definition) is 3. The molecule has 3 heteroatoms. The van der Waals surface area contributed by atoms with Gasteiger partial charge in [0.25, 0.3) is 0 Å². The minimum absolute atomic E-state index is 0.341. The van der Waals surface area contributed by atoms with Gasteiger partial charge in [0.1, 0.15) is 0 Å². The Kier molecular flexibility index (Phi) is 5.08. The van der Waals surface area contributed by atoms with Crippen LogP contribution in [-0.4, -0.2) is 20.3 Å². The van der Waals surface area contributed by atoms with Gasteiger partial charge in [-0.15, -0.1) is 0 Å². The van der Waals surface area contributed by atoms with Crippen LogP contribution in [0.25, 0.3) is 0 Å². The molecule has 0 aromatic heterocycles. The van der Waals surface area contributed by atoms with Crippen molar-refractivity contribution >= 4 is 0 Å². The Morgan fingerprint density at radius 1 is 1.26 bits per heavy atom. The van der Waals surface area contributed by atoms with Crippen LogP contribution in [0, 0.1) is 5.92 Å². The molecule has 0 saturated heterocycles. The van der Waals surface area contributed by atoms with Gasteiger partial charge < -0.3 is 14.8 Å². The number of nitrogens with one attached hydrogen (secondary N) is 1. The molecule has 1 aromatic carbocycles. The molecule has 1 saturated carbocycles. The highest BCUT2D eigenvalue weighted by Crippen LogP contribution is 2.33. The molecule has 2 atom stereocenters. The van der Waals surface area contributed by atoms with Gasteiger partial charge in [0, 0.05) is 6.54 Å². The van der Waals surface area contributed by atoms with Crippen LogP contribution in [0.15, 0.2) is 18.2 Å². The first-order valence-corrected chi connectivity index (χ1v) is 7.21. The summed E-state index contributed by atoms with van der Waals surface area (Å²) in [5, 5.41) is 3.15. The van der Waals surface area contributed by atoms with E-state index >= 15 is 0 Å². The van der Waals surface area contributed by atoms with Crippen molar-refractivity contribution in [3.8, 4) is 11.5 Å². The molecule has 0 amide bonds. The first-order chi connectivity index (χ1) is 9.22. The topological polar surface area (TPSA) is 30.5 Å². The van der Waals surface area contributed by atoms with Gasteiger partial charge in [-0.3, -0.25) is 0 Å². The van der Waals surface area contributed by atoms with E-state index in [1.807, 2.05) is 13.1 Å². The molecule has 2 unspecified atom stereocenters. The maximum Gasteiger partial charge on any atom is 0.161 e. The van der Waals surface area contributed by atoms with Crippen molar-refractivity contribution in [2.24, 2.45) is 5.92 Å². The van der Waals surface area contributed by atoms with Crippen molar-refractivity contribution < 1.29 is 9.47 Å². The summed E-state index contributed by atoms with van der Waals surface area (Å²) >= 11 is 0. The number of rotatable bonds is 5. The van der Waals surface area contributed by atoms with E-state index in [1.165, 1.54) is 18.4 Å². The quantitative estimate of drug-likeness (QED) is 0.883. The van der Waals surface area contributed by atoms with Crippen LogP contribution in [0.2, 0.25) is 0 Å². The van der Waals surface area contributed by atoms with Crippen LogP contribution in [0.4, 0.5) is 0 Å². The van der Waals surface area contributed by atoms with E-state index in [0.717, 1.165) is 36.8 Å². The van der Waals surface area contributed by atoms with Crippen LogP contribution in [0.5, 0.6) is 11.5 Å². The Hall–Kier alpha value is -1.22. The third kappa shape index (κ3) is 3.87. The zero-order chi connectivity index (χ0) is 13.7. The van der Waals surface area contributed by atoms with Crippen molar-refractivity contribution in [2.75, 3.05) is 14.2 Å². The molecule has 1 fully saturated rings. The second kappa shape index (κ2) is 6.80. The highest BCUT2D eigenvalue weighted by atomic mass is 16.5. The largest absolute Gasteiger partial charge is 0.493 e. The highest BCUT2D eigenvalue weighted by Gasteiger charge is 2.21. The summed E-state index contributed by atoms with van der Waals surface area (Å²) in [6, 6.07) is 6.18. The monoisotopic (exact) mass is 263 g/mol. The Morgan fingerprint density at radius 3 is 2.79 bits per heavy atom. The molecule has 3 nitrogen and oxygen atoms in total. The molecule has 0 aliphatic heterocycles. The van der Waals surface area contributed by atoms with E-state index in [4.69, 9.17) is 9.47 Å². The molecule has 106 valence electrons. The van der Waals surface area contributed by atoms with E-state index in [-0.39, 0.29) is 0 Å². The summed E-state index contributed by atoms with van der Waals surface area (Å²) in [7, 11) is 3.65. The smallest absolute Gasteiger partial charge is 0.161 e. The predicted octanol–water partition coefficient (Wildman–Crippen LogP) is 3.37. The van der Waals surface area contributed by atoms with Gasteiger partial charge in [0.05, 0.1) is 13.2 Å². The van der Waals surface area contributed by atoms with Crippen molar-refractivity contribution in [2.45, 2.75) is 45.3 Å². The average molecular weight is 263 g/mol. The molecular formula is C16H25NO2. The summed E-state index contributed by atoms with van der Waals surface area (Å²) in [6.45, 7) is 3.15. The van der Waals surface area contributed by atoms with Crippen LogP contribution >= 0.6 is 0 Å². The lowest BCUT2D eigenvalue weighted by molar-refractivity contribution is 0.125. The minimum atomic E-state index is 0.341. The molecule has 1 aliphatic rings. The van der Waals surface area contributed by atoms with E-state index < -0.39 is 0 Å². The summed E-state index contributed by atoms with van der Waals surface area (Å²) < 4.78 is 11.6. The van der Waals surface area contributed by atoms with Crippen LogP contribution in [0.3, 0.4) is 0 Å². The molecule has 1 aromatic rings. The van der Waals surface area contributed by atoms with Crippen LogP contribution in [-0.2, 0) is 6.54 Å². The number of hydrogen-bond donors (Lipinski definition) is 1. The predicted molar refractivity (Wildman–Crippen MR) is 77.8 cm³/mol. The standard InChI is InChI=1S/C16H25NO2/c1-12-5-4-6-14(9-12)19-15-8-7-13(11-17-2)10-16(15)18-3/h7-8,10,12,14,17H,4-6,9,11H2,1-3H3. The number of ether oxygens (including phenoxy) is 2. The lowest BCUT2D eigenvalue weighted by atomic mass is 9.89. The van der Waals surface area contributed by atoms with Crippen LogP contribution < -0.4 is 14.8 Å². The third-order valence-corrected chi connectivity index (χ3v) is 3.79. The normalized spacial score (nSPS) is 23.1. The van der Waals surface area contributed by atoms with Crippen molar-refractivity contribution in [1.29, 1.82) is 0 Å². The Labute approximate surface area is 116 Å². The maximum absolute atomic E-state index is 6.14. The molecule has 19 heavy (non-hydrogen) atoms. The second-order valence-corrected chi connectivity index (χ2v) is 5.53. The van der Waals surface area contributed by atoms with Crippen molar-refractivity contribution in [1.82, 2.24) is 5.32 Å². The van der Waals surface area contributed by atoms with Gasteiger partial charge in [-0.1, -0.05) is 19.4 Å². The molecule has 2 rings (SSSR count). The molecule has 0 spiro atoms. The fourth-order valence-corrected chi connectivity index (χ4v) is 2.79. The third-order valence-electron chi connectivity index (χ3n) is 3.79. The first kappa shape index (κ1) is 14.2. The van der Waals surface area contributed by atoms with Crippen LogP contribution in [0.1, 0.15) is 38.2 Å². The zero-order valence-electron chi connectivity index (χ0n) is 12.2. The highest BCUT2D eigenvalue weighted by molar-refractivity contribution is 5.43. The lowest BCUT2D eigenvalue weighted by Crippen LogP contribution is -2.24. The van der Waals surface area contributed by atoms with E-state index in [9.17, 15) is 0 Å². The first-order valence-electron chi connectivity index (χ1n) is 7.21. The van der Waals surface area contributed by atoms with Gasteiger partial charge in [-0.25, -0.2) is 0 Å². The molecule has 1 aliphatic carbocycles.